The summed E-state index contributed by atoms with van der Waals surface area (Å²) in [5.41, 5.74) is 0.892. The van der Waals surface area contributed by atoms with Crippen molar-refractivity contribution in [3.8, 4) is 5.75 Å². The molecule has 1 fully saturated rings. The molecule has 118 valence electrons. The Labute approximate surface area is 133 Å². The number of nitrogens with zero attached hydrogens (tertiary/aromatic N) is 1. The average Bonchev–Trinajstić information content (AvgIpc) is 2.59. The van der Waals surface area contributed by atoms with Crippen LogP contribution in [0.15, 0.2) is 41.2 Å². The minimum atomic E-state index is -0.224. The van der Waals surface area contributed by atoms with E-state index in [9.17, 15) is 9.90 Å². The standard InChI is InChI=1S/C18H18N2O3/c21-17-14-6-5-12-3-1-2-4-13(12)16(14)19-18(22)15(17)11-20-7-9-23-10-8-20/h1-6H,7-11H2,(H2,19,21,22). The molecule has 0 atom stereocenters. The smallest absolute Gasteiger partial charge is 0.256 e. The van der Waals surface area contributed by atoms with Crippen molar-refractivity contribution in [3.63, 3.8) is 0 Å². The van der Waals surface area contributed by atoms with Gasteiger partial charge in [-0.15, -0.1) is 0 Å². The maximum absolute atomic E-state index is 12.5. The Kier molecular flexibility index (Phi) is 3.52. The lowest BCUT2D eigenvalue weighted by atomic mass is 10.0. The predicted molar refractivity (Wildman–Crippen MR) is 89.8 cm³/mol. The van der Waals surface area contributed by atoms with Crippen LogP contribution in [0.25, 0.3) is 21.7 Å². The van der Waals surface area contributed by atoms with Gasteiger partial charge in [0, 0.05) is 30.4 Å². The highest BCUT2D eigenvalue weighted by Crippen LogP contribution is 2.30. The number of aromatic amines is 1. The summed E-state index contributed by atoms with van der Waals surface area (Å²) in [7, 11) is 0. The summed E-state index contributed by atoms with van der Waals surface area (Å²) in [6.45, 7) is 3.31. The molecule has 3 aromatic rings. The molecule has 0 spiro atoms. The summed E-state index contributed by atoms with van der Waals surface area (Å²) in [6.07, 6.45) is 0. The fourth-order valence-corrected chi connectivity index (χ4v) is 3.19. The van der Waals surface area contributed by atoms with Crippen molar-refractivity contribution >= 4 is 21.7 Å². The molecule has 2 aromatic carbocycles. The normalized spacial score (nSPS) is 16.2. The van der Waals surface area contributed by atoms with Gasteiger partial charge in [0.15, 0.2) is 0 Å². The molecule has 2 N–H and O–H groups in total. The number of hydrogen-bond acceptors (Lipinski definition) is 4. The van der Waals surface area contributed by atoms with E-state index in [2.05, 4.69) is 9.88 Å². The van der Waals surface area contributed by atoms with E-state index in [-0.39, 0.29) is 11.3 Å². The van der Waals surface area contributed by atoms with Crippen LogP contribution in [0, 0.1) is 0 Å². The number of hydrogen-bond donors (Lipinski definition) is 2. The van der Waals surface area contributed by atoms with Crippen molar-refractivity contribution in [1.29, 1.82) is 0 Å². The molecule has 4 rings (SSSR count). The van der Waals surface area contributed by atoms with E-state index in [1.165, 1.54) is 0 Å². The Balaban J connectivity index is 1.86. The number of nitrogens with one attached hydrogen (secondary N) is 1. The first kappa shape index (κ1) is 14.2. The largest absolute Gasteiger partial charge is 0.507 e. The fourth-order valence-electron chi connectivity index (χ4n) is 3.19. The summed E-state index contributed by atoms with van der Waals surface area (Å²) in [4.78, 5) is 17.6. The Morgan fingerprint density at radius 2 is 1.87 bits per heavy atom. The summed E-state index contributed by atoms with van der Waals surface area (Å²) in [5.74, 6) is 0.0843. The van der Waals surface area contributed by atoms with Crippen LogP contribution in [0.3, 0.4) is 0 Å². The second kappa shape index (κ2) is 5.68. The van der Waals surface area contributed by atoms with Crippen LogP contribution < -0.4 is 5.56 Å². The molecule has 5 nitrogen and oxygen atoms in total. The van der Waals surface area contributed by atoms with Gasteiger partial charge in [0.1, 0.15) is 5.75 Å². The SMILES string of the molecule is O=c1[nH]c2c(ccc3ccccc32)c(O)c1CN1CCOCC1. The highest BCUT2D eigenvalue weighted by molar-refractivity contribution is 6.07. The third-order valence-electron chi connectivity index (χ3n) is 4.47. The molecule has 0 saturated carbocycles. The molecule has 1 saturated heterocycles. The number of H-pyrrole nitrogens is 1. The van der Waals surface area contributed by atoms with Gasteiger partial charge in [-0.05, 0) is 11.5 Å². The molecule has 5 heteroatoms. The molecule has 1 aliphatic heterocycles. The number of ether oxygens (including phenoxy) is 1. The Morgan fingerprint density at radius 1 is 1.09 bits per heavy atom. The highest BCUT2D eigenvalue weighted by Gasteiger charge is 2.18. The first-order valence-corrected chi connectivity index (χ1v) is 7.80. The number of rotatable bonds is 2. The Morgan fingerprint density at radius 3 is 2.70 bits per heavy atom. The maximum atomic E-state index is 12.5. The zero-order valence-electron chi connectivity index (χ0n) is 12.7. The lowest BCUT2D eigenvalue weighted by Crippen LogP contribution is -2.37. The molecule has 0 amide bonds. The molecule has 0 bridgehead atoms. The van der Waals surface area contributed by atoms with Crippen molar-refractivity contribution in [2.24, 2.45) is 0 Å². The number of aromatic hydroxyl groups is 1. The van der Waals surface area contributed by atoms with E-state index in [1.54, 1.807) is 0 Å². The van der Waals surface area contributed by atoms with Crippen LogP contribution in [0.4, 0.5) is 0 Å². The molecular weight excluding hydrogens is 292 g/mol. The van der Waals surface area contributed by atoms with E-state index in [0.29, 0.717) is 36.2 Å². The van der Waals surface area contributed by atoms with Crippen molar-refractivity contribution in [2.45, 2.75) is 6.54 Å². The maximum Gasteiger partial charge on any atom is 0.256 e. The Bertz CT molecular complexity index is 927. The lowest BCUT2D eigenvalue weighted by molar-refractivity contribution is 0.0337. The molecule has 23 heavy (non-hydrogen) atoms. The second-order valence-electron chi connectivity index (χ2n) is 5.88. The van der Waals surface area contributed by atoms with Crippen molar-refractivity contribution in [2.75, 3.05) is 26.3 Å². The molecule has 1 aliphatic rings. The first-order chi connectivity index (χ1) is 11.2. The summed E-state index contributed by atoms with van der Waals surface area (Å²) < 4.78 is 5.33. The molecule has 1 aromatic heterocycles. The van der Waals surface area contributed by atoms with E-state index < -0.39 is 0 Å². The third-order valence-corrected chi connectivity index (χ3v) is 4.47. The van der Waals surface area contributed by atoms with Crippen LogP contribution in [0.2, 0.25) is 0 Å². The van der Waals surface area contributed by atoms with Crippen LogP contribution in [-0.4, -0.2) is 41.3 Å². The molecule has 2 heterocycles. The first-order valence-electron chi connectivity index (χ1n) is 7.80. The van der Waals surface area contributed by atoms with Gasteiger partial charge in [-0.25, -0.2) is 0 Å². The van der Waals surface area contributed by atoms with Gasteiger partial charge in [-0.2, -0.15) is 0 Å². The van der Waals surface area contributed by atoms with Gasteiger partial charge in [-0.3, -0.25) is 9.69 Å². The fraction of sp³-hybridized carbons (Fsp3) is 0.278. The third kappa shape index (κ3) is 2.48. The minimum Gasteiger partial charge on any atom is -0.507 e. The molecule has 0 radical (unpaired) electrons. The highest BCUT2D eigenvalue weighted by atomic mass is 16.5. The van der Waals surface area contributed by atoms with Gasteiger partial charge in [0.05, 0.1) is 24.3 Å². The molecule has 0 unspecified atom stereocenters. The van der Waals surface area contributed by atoms with Crippen molar-refractivity contribution < 1.29 is 9.84 Å². The number of morpholine rings is 1. The van der Waals surface area contributed by atoms with Crippen LogP contribution in [0.1, 0.15) is 5.56 Å². The zero-order valence-corrected chi connectivity index (χ0v) is 12.7. The quantitative estimate of drug-likeness (QED) is 0.712. The van der Waals surface area contributed by atoms with E-state index in [4.69, 9.17) is 4.74 Å². The number of benzene rings is 2. The van der Waals surface area contributed by atoms with Crippen LogP contribution in [0.5, 0.6) is 5.75 Å². The van der Waals surface area contributed by atoms with Crippen molar-refractivity contribution in [1.82, 2.24) is 9.88 Å². The summed E-state index contributed by atoms with van der Waals surface area (Å²) >= 11 is 0. The van der Waals surface area contributed by atoms with Gasteiger partial charge in [0.25, 0.3) is 5.56 Å². The van der Waals surface area contributed by atoms with Crippen molar-refractivity contribution in [3.05, 3.63) is 52.3 Å². The van der Waals surface area contributed by atoms with E-state index in [0.717, 1.165) is 23.9 Å². The summed E-state index contributed by atoms with van der Waals surface area (Å²) in [6, 6.07) is 11.7. The number of pyridine rings is 1. The predicted octanol–water partition coefficient (Wildman–Crippen LogP) is 2.22. The minimum absolute atomic E-state index is 0.0843. The van der Waals surface area contributed by atoms with Gasteiger partial charge in [0.2, 0.25) is 0 Å². The number of aromatic nitrogens is 1. The van der Waals surface area contributed by atoms with Gasteiger partial charge < -0.3 is 14.8 Å². The van der Waals surface area contributed by atoms with E-state index in [1.807, 2.05) is 36.4 Å². The molecular formula is C18H18N2O3. The Hall–Kier alpha value is -2.37. The monoisotopic (exact) mass is 310 g/mol. The van der Waals surface area contributed by atoms with Gasteiger partial charge >= 0.3 is 0 Å². The second-order valence-corrected chi connectivity index (χ2v) is 5.88. The average molecular weight is 310 g/mol. The topological polar surface area (TPSA) is 65.6 Å². The zero-order chi connectivity index (χ0) is 15.8. The van der Waals surface area contributed by atoms with Gasteiger partial charge in [-0.1, -0.05) is 30.3 Å². The lowest BCUT2D eigenvalue weighted by Gasteiger charge is -2.26. The van der Waals surface area contributed by atoms with Crippen LogP contribution in [-0.2, 0) is 11.3 Å². The van der Waals surface area contributed by atoms with E-state index >= 15 is 0 Å². The number of fused-ring (bicyclic) bond motifs is 3. The summed E-state index contributed by atoms with van der Waals surface area (Å²) in [5, 5.41) is 13.3. The van der Waals surface area contributed by atoms with Crippen LogP contribution >= 0.6 is 0 Å². The molecule has 0 aliphatic carbocycles.